The third-order valence-electron chi connectivity index (χ3n) is 7.47. The number of benzene rings is 1. The zero-order valence-electron chi connectivity index (χ0n) is 18.5. The Kier molecular flexibility index (Phi) is 5.30. The van der Waals surface area contributed by atoms with Crippen LogP contribution in [0.4, 0.5) is 13.2 Å². The lowest BCUT2D eigenvalue weighted by Gasteiger charge is -2.33. The Labute approximate surface area is 204 Å². The molecule has 1 saturated carbocycles. The van der Waals surface area contributed by atoms with Gasteiger partial charge in [-0.15, -0.1) is 10.2 Å². The highest BCUT2D eigenvalue weighted by Gasteiger charge is 2.60. The first-order valence-electron chi connectivity index (χ1n) is 11.4. The predicted molar refractivity (Wildman–Crippen MR) is 125 cm³/mol. The van der Waals surface area contributed by atoms with Crippen LogP contribution in [0.15, 0.2) is 42.6 Å². The number of rotatable bonds is 3. The van der Waals surface area contributed by atoms with E-state index in [0.717, 1.165) is 45.2 Å². The molecule has 0 unspecified atom stereocenters. The van der Waals surface area contributed by atoms with Gasteiger partial charge in [0.1, 0.15) is 17.2 Å². The van der Waals surface area contributed by atoms with Gasteiger partial charge in [-0.2, -0.15) is 30.6 Å². The Morgan fingerprint density at radius 2 is 1.80 bits per heavy atom. The summed E-state index contributed by atoms with van der Waals surface area (Å²) in [4.78, 5) is 4.32. The van der Waals surface area contributed by atoms with Gasteiger partial charge in [0.2, 0.25) is 0 Å². The van der Waals surface area contributed by atoms with Crippen LogP contribution in [0.25, 0.3) is 21.3 Å². The maximum absolute atomic E-state index is 13.1. The summed E-state index contributed by atoms with van der Waals surface area (Å²) in [6.45, 7) is -1.61. The van der Waals surface area contributed by atoms with Crippen LogP contribution in [0.1, 0.15) is 24.0 Å². The van der Waals surface area contributed by atoms with Crippen molar-refractivity contribution in [1.82, 2.24) is 24.2 Å². The third-order valence-corrected chi connectivity index (χ3v) is 10.0. The van der Waals surface area contributed by atoms with Gasteiger partial charge in [0.05, 0.1) is 5.54 Å². The van der Waals surface area contributed by atoms with Gasteiger partial charge in [-0.1, -0.05) is 29.5 Å². The van der Waals surface area contributed by atoms with E-state index < -0.39 is 28.5 Å². The molecule has 2 bridgehead atoms. The minimum atomic E-state index is -4.59. The van der Waals surface area contributed by atoms with Crippen molar-refractivity contribution in [2.45, 2.75) is 37.4 Å². The van der Waals surface area contributed by atoms with Crippen LogP contribution in [0.3, 0.4) is 0 Å². The lowest BCUT2D eigenvalue weighted by atomic mass is 9.79. The van der Waals surface area contributed by atoms with Gasteiger partial charge in [-0.3, -0.25) is 4.98 Å². The van der Waals surface area contributed by atoms with Crippen LogP contribution in [0.2, 0.25) is 0 Å². The molecule has 6 rings (SSSR count). The van der Waals surface area contributed by atoms with Crippen LogP contribution >= 0.6 is 11.3 Å². The number of pyridine rings is 1. The number of fused-ring (bicyclic) bond motifs is 1. The average Bonchev–Trinajstić information content (AvgIpc) is 3.43. The molecule has 2 aliphatic carbocycles. The molecule has 0 amide bonds. The maximum atomic E-state index is 13.1. The Hall–Kier alpha value is -2.41. The highest BCUT2D eigenvalue weighted by atomic mass is 32.2. The minimum Gasteiger partial charge on any atom is -0.254 e. The van der Waals surface area contributed by atoms with E-state index in [1.165, 1.54) is 11.3 Å². The molecule has 1 spiro atoms. The molecule has 2 aromatic heterocycles. The molecule has 3 aromatic rings. The van der Waals surface area contributed by atoms with Gasteiger partial charge in [-0.05, 0) is 66.8 Å². The fraction of sp³-hybridized carbons (Fsp3) is 0.435. The molecule has 12 heteroatoms. The number of aromatic nitrogens is 3. The summed E-state index contributed by atoms with van der Waals surface area (Å²) in [6.07, 6.45) is -0.0796. The maximum Gasteiger partial charge on any atom is 0.402 e. The Bertz CT molecular complexity index is 1380. The molecule has 35 heavy (non-hydrogen) atoms. The monoisotopic (exact) mass is 521 g/mol. The molecule has 3 heterocycles. The summed E-state index contributed by atoms with van der Waals surface area (Å²) in [5.41, 5.74) is 3.00. The summed E-state index contributed by atoms with van der Waals surface area (Å²) < 4.78 is 67.8. The molecule has 184 valence electrons. The second-order valence-corrected chi connectivity index (χ2v) is 12.2. The second kappa shape index (κ2) is 8.05. The van der Waals surface area contributed by atoms with Gasteiger partial charge in [0.15, 0.2) is 5.01 Å². The first-order chi connectivity index (χ1) is 16.6. The van der Waals surface area contributed by atoms with Crippen molar-refractivity contribution < 1.29 is 21.6 Å². The van der Waals surface area contributed by atoms with E-state index >= 15 is 0 Å². The molecule has 3 atom stereocenters. The molecular weight excluding hydrogens is 499 g/mol. The average molecular weight is 522 g/mol. The Morgan fingerprint density at radius 3 is 2.51 bits per heavy atom. The molecular formula is C23H22F3N5O2S2. The molecule has 0 radical (unpaired) electrons. The second-order valence-electron chi connectivity index (χ2n) is 9.52. The predicted octanol–water partition coefficient (Wildman–Crippen LogP) is 3.84. The fourth-order valence-electron chi connectivity index (χ4n) is 5.91. The molecule has 7 nitrogen and oxygen atoms in total. The summed E-state index contributed by atoms with van der Waals surface area (Å²) in [7, 11) is -4.19. The molecule has 3 aliphatic rings. The third kappa shape index (κ3) is 4.05. The van der Waals surface area contributed by atoms with Gasteiger partial charge in [-0.25, -0.2) is 0 Å². The molecule has 1 aliphatic heterocycles. The van der Waals surface area contributed by atoms with Crippen molar-refractivity contribution in [3.63, 3.8) is 0 Å². The molecule has 1 aromatic carbocycles. The van der Waals surface area contributed by atoms with E-state index in [2.05, 4.69) is 26.0 Å². The number of halogens is 3. The van der Waals surface area contributed by atoms with Crippen molar-refractivity contribution in [2.75, 3.05) is 13.1 Å². The van der Waals surface area contributed by atoms with E-state index in [0.29, 0.717) is 17.1 Å². The summed E-state index contributed by atoms with van der Waals surface area (Å²) in [6, 6.07) is 11.7. The first-order valence-corrected chi connectivity index (χ1v) is 13.6. The van der Waals surface area contributed by atoms with E-state index in [1.807, 2.05) is 30.3 Å². The van der Waals surface area contributed by atoms with Gasteiger partial charge in [0, 0.05) is 18.3 Å². The van der Waals surface area contributed by atoms with Gasteiger partial charge in [0.25, 0.3) is 10.2 Å². The zero-order chi connectivity index (χ0) is 24.4. The lowest BCUT2D eigenvalue weighted by Crippen LogP contribution is -2.52. The summed E-state index contributed by atoms with van der Waals surface area (Å²) in [5.74, 6) is -0.125. The quantitative estimate of drug-likeness (QED) is 0.566. The standard InChI is InChI=1S/C23H22F3N5O2S2/c24-23(25,26)13-31-12-22(30-35(31,32)33)17-6-7-18(22)11-16-9-15(5-4-14(16)10-17)20-28-29-21(34-20)19-3-1-2-8-27-19/h1-5,8-9,17-18,30H,6-7,10-13H2/t17-,18+,22-/m1/s1. The van der Waals surface area contributed by atoms with E-state index in [4.69, 9.17) is 0 Å². The number of nitrogens with one attached hydrogen (secondary N) is 1. The smallest absolute Gasteiger partial charge is 0.254 e. The van der Waals surface area contributed by atoms with Crippen molar-refractivity contribution in [3.05, 3.63) is 53.7 Å². The topological polar surface area (TPSA) is 88.1 Å². The first kappa shape index (κ1) is 23.0. The minimum absolute atomic E-state index is 0.0510. The SMILES string of the molecule is O=S1(=O)N[C@]2(CN1CC(F)(F)F)[C@@H]1CC[C@H]2Cc2cc(-c3nnc(-c4ccccn4)s3)ccc2C1. The van der Waals surface area contributed by atoms with Crippen LogP contribution in [-0.2, 0) is 23.1 Å². The van der Waals surface area contributed by atoms with Crippen LogP contribution in [0, 0.1) is 11.8 Å². The van der Waals surface area contributed by atoms with E-state index in [9.17, 15) is 21.6 Å². The van der Waals surface area contributed by atoms with Gasteiger partial charge >= 0.3 is 6.18 Å². The van der Waals surface area contributed by atoms with Crippen LogP contribution in [0.5, 0.6) is 0 Å². The van der Waals surface area contributed by atoms with E-state index in [-0.39, 0.29) is 18.4 Å². The largest absolute Gasteiger partial charge is 0.402 e. The van der Waals surface area contributed by atoms with Crippen molar-refractivity contribution >= 4 is 21.5 Å². The van der Waals surface area contributed by atoms with E-state index in [1.54, 1.807) is 6.20 Å². The Morgan fingerprint density at radius 1 is 1.06 bits per heavy atom. The normalized spacial score (nSPS) is 27.7. The highest BCUT2D eigenvalue weighted by molar-refractivity contribution is 7.87. The number of hydrogen-bond acceptors (Lipinski definition) is 6. The van der Waals surface area contributed by atoms with Crippen LogP contribution < -0.4 is 4.72 Å². The number of alkyl halides is 3. The molecule has 1 saturated heterocycles. The number of hydrogen-bond donors (Lipinski definition) is 1. The highest BCUT2D eigenvalue weighted by Crippen LogP contribution is 2.51. The molecule has 1 N–H and O–H groups in total. The lowest BCUT2D eigenvalue weighted by molar-refractivity contribution is -0.136. The van der Waals surface area contributed by atoms with Crippen molar-refractivity contribution in [3.8, 4) is 21.3 Å². The Balaban J connectivity index is 1.30. The fourth-order valence-corrected chi connectivity index (χ4v) is 8.43. The van der Waals surface area contributed by atoms with Crippen LogP contribution in [-0.4, -0.2) is 52.7 Å². The summed E-state index contributed by atoms with van der Waals surface area (Å²) >= 11 is 1.44. The van der Waals surface area contributed by atoms with Gasteiger partial charge < -0.3 is 0 Å². The number of nitrogens with zero attached hydrogens (tertiary/aromatic N) is 4. The van der Waals surface area contributed by atoms with Crippen molar-refractivity contribution in [1.29, 1.82) is 0 Å². The summed E-state index contributed by atoms with van der Waals surface area (Å²) in [5, 5.41) is 10.1. The zero-order valence-corrected chi connectivity index (χ0v) is 20.1. The molecule has 2 fully saturated rings. The van der Waals surface area contributed by atoms with Crippen molar-refractivity contribution in [2.24, 2.45) is 11.8 Å².